The molecule has 110 valence electrons. The fourth-order valence-electron chi connectivity index (χ4n) is 2.27. The van der Waals surface area contributed by atoms with Gasteiger partial charge in [0.25, 0.3) is 0 Å². The second kappa shape index (κ2) is 6.90. The highest BCUT2D eigenvalue weighted by atomic mass is 16.3. The lowest BCUT2D eigenvalue weighted by Crippen LogP contribution is -2.28. The van der Waals surface area contributed by atoms with Gasteiger partial charge in [-0.2, -0.15) is 0 Å². The molecule has 0 fully saturated rings. The molecule has 0 heterocycles. The third-order valence-electron chi connectivity index (χ3n) is 3.44. The van der Waals surface area contributed by atoms with Crippen LogP contribution in [0.3, 0.4) is 0 Å². The molecule has 1 amide bonds. The Morgan fingerprint density at radius 2 is 1.90 bits per heavy atom. The first kappa shape index (κ1) is 15.1. The van der Waals surface area contributed by atoms with Gasteiger partial charge < -0.3 is 16.2 Å². The molecule has 4 nitrogen and oxygen atoms in total. The Bertz CT molecular complexity index is 626. The van der Waals surface area contributed by atoms with Crippen LogP contribution in [0.25, 0.3) is 0 Å². The highest BCUT2D eigenvalue weighted by Gasteiger charge is 2.12. The number of carbonyl (C=O) groups is 1. The van der Waals surface area contributed by atoms with Gasteiger partial charge in [-0.25, -0.2) is 0 Å². The minimum atomic E-state index is -0.158. The Kier molecular flexibility index (Phi) is 4.95. The third-order valence-corrected chi connectivity index (χ3v) is 3.44. The number of nitrogens with two attached hydrogens (primary N) is 1. The van der Waals surface area contributed by atoms with Crippen molar-refractivity contribution >= 4 is 5.91 Å². The summed E-state index contributed by atoms with van der Waals surface area (Å²) < 4.78 is 0. The maximum Gasteiger partial charge on any atom is 0.224 e. The number of amides is 1. The van der Waals surface area contributed by atoms with Crippen molar-refractivity contribution in [3.05, 3.63) is 65.2 Å². The van der Waals surface area contributed by atoms with Crippen LogP contribution in [0.15, 0.2) is 48.5 Å². The fourth-order valence-corrected chi connectivity index (χ4v) is 2.27. The molecule has 0 saturated heterocycles. The fraction of sp³-hybridized carbons (Fsp3) is 0.235. The van der Waals surface area contributed by atoms with Gasteiger partial charge in [0, 0.05) is 6.54 Å². The average Bonchev–Trinajstić information content (AvgIpc) is 2.47. The van der Waals surface area contributed by atoms with E-state index in [0.29, 0.717) is 13.0 Å². The topological polar surface area (TPSA) is 75.4 Å². The minimum Gasteiger partial charge on any atom is -0.508 e. The standard InChI is InChI=1S/C17H20N2O2/c1-12(13-7-4-8-16(20)9-13)19-17(21)10-14-5-2-3-6-15(14)11-18/h2-9,12,20H,10-11,18H2,1H3,(H,19,21). The number of benzene rings is 2. The number of phenolic OH excluding ortho intramolecular Hbond substituents is 1. The maximum absolute atomic E-state index is 12.1. The zero-order chi connectivity index (χ0) is 15.2. The Morgan fingerprint density at radius 1 is 1.19 bits per heavy atom. The van der Waals surface area contributed by atoms with Crippen molar-refractivity contribution in [2.75, 3.05) is 0 Å². The zero-order valence-corrected chi connectivity index (χ0v) is 12.0. The molecule has 2 aromatic rings. The molecule has 0 radical (unpaired) electrons. The average molecular weight is 284 g/mol. The quantitative estimate of drug-likeness (QED) is 0.788. The number of nitrogens with one attached hydrogen (secondary N) is 1. The molecule has 0 aromatic heterocycles. The van der Waals surface area contributed by atoms with E-state index in [2.05, 4.69) is 5.32 Å². The molecule has 0 aliphatic carbocycles. The van der Waals surface area contributed by atoms with Crippen molar-refractivity contribution in [3.8, 4) is 5.75 Å². The summed E-state index contributed by atoms with van der Waals surface area (Å²) in [4.78, 5) is 12.1. The molecule has 4 heteroatoms. The number of rotatable bonds is 5. The molecule has 2 aromatic carbocycles. The molecule has 0 spiro atoms. The lowest BCUT2D eigenvalue weighted by atomic mass is 10.0. The van der Waals surface area contributed by atoms with Gasteiger partial charge in [-0.3, -0.25) is 4.79 Å². The van der Waals surface area contributed by atoms with E-state index in [1.807, 2.05) is 37.3 Å². The van der Waals surface area contributed by atoms with E-state index < -0.39 is 0 Å². The van der Waals surface area contributed by atoms with Gasteiger partial charge in [0.1, 0.15) is 5.75 Å². The molecule has 0 aliphatic heterocycles. The second-order valence-corrected chi connectivity index (χ2v) is 5.03. The van der Waals surface area contributed by atoms with Crippen LogP contribution in [0.1, 0.15) is 29.7 Å². The van der Waals surface area contributed by atoms with Crippen LogP contribution in [-0.2, 0) is 17.8 Å². The molecule has 21 heavy (non-hydrogen) atoms. The summed E-state index contributed by atoms with van der Waals surface area (Å²) in [5.74, 6) is 0.133. The second-order valence-electron chi connectivity index (χ2n) is 5.03. The number of aromatic hydroxyl groups is 1. The van der Waals surface area contributed by atoms with E-state index >= 15 is 0 Å². The van der Waals surface area contributed by atoms with Gasteiger partial charge in [0.15, 0.2) is 0 Å². The summed E-state index contributed by atoms with van der Waals surface area (Å²) in [5, 5.41) is 12.4. The smallest absolute Gasteiger partial charge is 0.224 e. The molecule has 1 atom stereocenters. The van der Waals surface area contributed by atoms with E-state index in [9.17, 15) is 9.90 Å². The van der Waals surface area contributed by atoms with Gasteiger partial charge >= 0.3 is 0 Å². The summed E-state index contributed by atoms with van der Waals surface area (Å²) in [7, 11) is 0. The van der Waals surface area contributed by atoms with Crippen LogP contribution in [0.2, 0.25) is 0 Å². The van der Waals surface area contributed by atoms with E-state index in [1.54, 1.807) is 18.2 Å². The van der Waals surface area contributed by atoms with Crippen molar-refractivity contribution < 1.29 is 9.90 Å². The number of hydrogen-bond donors (Lipinski definition) is 3. The highest BCUT2D eigenvalue weighted by Crippen LogP contribution is 2.18. The SMILES string of the molecule is CC(NC(=O)Cc1ccccc1CN)c1cccc(O)c1. The zero-order valence-electron chi connectivity index (χ0n) is 12.0. The van der Waals surface area contributed by atoms with Gasteiger partial charge in [-0.05, 0) is 35.7 Å². The van der Waals surface area contributed by atoms with Gasteiger partial charge in [-0.15, -0.1) is 0 Å². The summed E-state index contributed by atoms with van der Waals surface area (Å²) in [5.41, 5.74) is 8.48. The largest absolute Gasteiger partial charge is 0.508 e. The van der Waals surface area contributed by atoms with Crippen molar-refractivity contribution in [2.45, 2.75) is 25.9 Å². The van der Waals surface area contributed by atoms with Crippen molar-refractivity contribution in [3.63, 3.8) is 0 Å². The molecule has 0 aliphatic rings. The van der Waals surface area contributed by atoms with Crippen LogP contribution >= 0.6 is 0 Å². The van der Waals surface area contributed by atoms with Crippen LogP contribution in [0.4, 0.5) is 0 Å². The van der Waals surface area contributed by atoms with Crippen LogP contribution in [0.5, 0.6) is 5.75 Å². The van der Waals surface area contributed by atoms with Crippen molar-refractivity contribution in [2.24, 2.45) is 5.73 Å². The molecule has 0 bridgehead atoms. The molecule has 2 rings (SSSR count). The van der Waals surface area contributed by atoms with Gasteiger partial charge in [-0.1, -0.05) is 36.4 Å². The maximum atomic E-state index is 12.1. The van der Waals surface area contributed by atoms with E-state index in [4.69, 9.17) is 5.73 Å². The Morgan fingerprint density at radius 3 is 2.57 bits per heavy atom. The van der Waals surface area contributed by atoms with Crippen LogP contribution in [-0.4, -0.2) is 11.0 Å². The summed E-state index contributed by atoms with van der Waals surface area (Å²) in [6.07, 6.45) is 0.302. The Hall–Kier alpha value is -2.33. The summed E-state index contributed by atoms with van der Waals surface area (Å²) in [6.45, 7) is 2.31. The van der Waals surface area contributed by atoms with Crippen molar-refractivity contribution in [1.82, 2.24) is 5.32 Å². The Labute approximate surface area is 124 Å². The van der Waals surface area contributed by atoms with E-state index in [-0.39, 0.29) is 17.7 Å². The Balaban J connectivity index is 2.01. The lowest BCUT2D eigenvalue weighted by Gasteiger charge is -2.15. The van der Waals surface area contributed by atoms with Gasteiger partial charge in [0.05, 0.1) is 12.5 Å². The first-order valence-electron chi connectivity index (χ1n) is 6.95. The van der Waals surface area contributed by atoms with E-state index in [0.717, 1.165) is 16.7 Å². The van der Waals surface area contributed by atoms with E-state index in [1.165, 1.54) is 0 Å². The summed E-state index contributed by atoms with van der Waals surface area (Å²) in [6, 6.07) is 14.4. The van der Waals surface area contributed by atoms with Gasteiger partial charge in [0.2, 0.25) is 5.91 Å². The third kappa shape index (κ3) is 4.07. The lowest BCUT2D eigenvalue weighted by molar-refractivity contribution is -0.121. The highest BCUT2D eigenvalue weighted by molar-refractivity contribution is 5.79. The molecule has 4 N–H and O–H groups in total. The molecule has 1 unspecified atom stereocenters. The summed E-state index contributed by atoms with van der Waals surface area (Å²) >= 11 is 0. The molecular formula is C17H20N2O2. The number of phenols is 1. The number of carbonyl (C=O) groups excluding carboxylic acids is 1. The minimum absolute atomic E-state index is 0.0632. The molecule has 0 saturated carbocycles. The van der Waals surface area contributed by atoms with Crippen molar-refractivity contribution in [1.29, 1.82) is 0 Å². The molecular weight excluding hydrogens is 264 g/mol. The van der Waals surface area contributed by atoms with Crippen LogP contribution in [0, 0.1) is 0 Å². The normalized spacial score (nSPS) is 11.9. The first-order valence-corrected chi connectivity index (χ1v) is 6.95. The monoisotopic (exact) mass is 284 g/mol. The predicted octanol–water partition coefficient (Wildman–Crippen LogP) is 2.27. The first-order chi connectivity index (χ1) is 10.1. The van der Waals surface area contributed by atoms with Crippen LogP contribution < -0.4 is 11.1 Å². The predicted molar refractivity (Wildman–Crippen MR) is 82.7 cm³/mol. The number of hydrogen-bond acceptors (Lipinski definition) is 3.